The van der Waals surface area contributed by atoms with E-state index in [1.165, 1.54) is 26.4 Å². The lowest BCUT2D eigenvalue weighted by molar-refractivity contribution is -0.122. The van der Waals surface area contributed by atoms with Crippen LogP contribution in [-0.2, 0) is 26.0 Å². The number of carbonyl (C=O) groups excluding carboxylic acids is 1. The zero-order valence-corrected chi connectivity index (χ0v) is 15.4. The summed E-state index contributed by atoms with van der Waals surface area (Å²) in [6.45, 7) is 0.581. The minimum Gasteiger partial charge on any atom is -0.497 e. The summed E-state index contributed by atoms with van der Waals surface area (Å²) in [4.78, 5) is 13.8. The Labute approximate surface area is 152 Å². The van der Waals surface area contributed by atoms with E-state index in [1.54, 1.807) is 35.2 Å². The van der Waals surface area contributed by atoms with Gasteiger partial charge in [0.15, 0.2) is 0 Å². The van der Waals surface area contributed by atoms with Crippen molar-refractivity contribution in [1.82, 2.24) is 0 Å². The molecule has 0 saturated carbocycles. The second kappa shape index (κ2) is 7.35. The largest absolute Gasteiger partial charge is 0.497 e. The normalized spacial score (nSPS) is 13.4. The Bertz CT molecular complexity index is 910. The van der Waals surface area contributed by atoms with E-state index in [2.05, 4.69) is 4.72 Å². The SMILES string of the molecule is COCC(=O)N1CCc2cc(NS(=O)(=O)c3ccc(OC)cc3)ccc21. The minimum absolute atomic E-state index is 0.0191. The zero-order chi connectivity index (χ0) is 18.7. The van der Waals surface area contributed by atoms with Gasteiger partial charge in [-0.05, 0) is 54.4 Å². The van der Waals surface area contributed by atoms with E-state index in [0.717, 1.165) is 11.3 Å². The molecule has 0 atom stereocenters. The maximum absolute atomic E-state index is 12.5. The Balaban J connectivity index is 1.80. The van der Waals surface area contributed by atoms with Gasteiger partial charge < -0.3 is 14.4 Å². The molecule has 0 aliphatic carbocycles. The summed E-state index contributed by atoms with van der Waals surface area (Å²) in [6, 6.07) is 11.3. The van der Waals surface area contributed by atoms with Gasteiger partial charge in [-0.15, -0.1) is 0 Å². The summed E-state index contributed by atoms with van der Waals surface area (Å²) < 4.78 is 37.6. The van der Waals surface area contributed by atoms with Gasteiger partial charge in [0, 0.05) is 25.0 Å². The van der Waals surface area contributed by atoms with Crippen LogP contribution in [0.15, 0.2) is 47.4 Å². The van der Waals surface area contributed by atoms with Gasteiger partial charge in [0.1, 0.15) is 12.4 Å². The van der Waals surface area contributed by atoms with Crippen LogP contribution in [0.2, 0.25) is 0 Å². The fraction of sp³-hybridized carbons (Fsp3) is 0.278. The van der Waals surface area contributed by atoms with Crippen molar-refractivity contribution in [3.05, 3.63) is 48.0 Å². The lowest BCUT2D eigenvalue weighted by Crippen LogP contribution is -2.31. The number of methoxy groups -OCH3 is 2. The highest BCUT2D eigenvalue weighted by Gasteiger charge is 2.25. The van der Waals surface area contributed by atoms with Gasteiger partial charge in [-0.2, -0.15) is 0 Å². The molecule has 1 amide bonds. The molecule has 8 heteroatoms. The summed E-state index contributed by atoms with van der Waals surface area (Å²) in [5.74, 6) is 0.472. The molecule has 2 aromatic carbocycles. The fourth-order valence-electron chi connectivity index (χ4n) is 2.89. The Morgan fingerprint density at radius 3 is 2.54 bits per heavy atom. The van der Waals surface area contributed by atoms with E-state index in [4.69, 9.17) is 9.47 Å². The molecule has 1 N–H and O–H groups in total. The van der Waals surface area contributed by atoms with Crippen LogP contribution in [0.25, 0.3) is 0 Å². The van der Waals surface area contributed by atoms with E-state index in [9.17, 15) is 13.2 Å². The first-order valence-electron chi connectivity index (χ1n) is 8.03. The average molecular weight is 376 g/mol. The van der Waals surface area contributed by atoms with Crippen molar-refractivity contribution in [3.63, 3.8) is 0 Å². The monoisotopic (exact) mass is 376 g/mol. The molecular weight excluding hydrogens is 356 g/mol. The van der Waals surface area contributed by atoms with Gasteiger partial charge in [0.25, 0.3) is 15.9 Å². The topological polar surface area (TPSA) is 84.9 Å². The molecule has 0 spiro atoms. The molecule has 1 aliphatic rings. The first-order valence-corrected chi connectivity index (χ1v) is 9.52. The van der Waals surface area contributed by atoms with Gasteiger partial charge in [-0.25, -0.2) is 8.42 Å². The van der Waals surface area contributed by atoms with Crippen LogP contribution in [0.4, 0.5) is 11.4 Å². The number of nitrogens with zero attached hydrogens (tertiary/aromatic N) is 1. The molecule has 7 nitrogen and oxygen atoms in total. The Hall–Kier alpha value is -2.58. The molecule has 2 aromatic rings. The third-order valence-corrected chi connectivity index (χ3v) is 5.56. The lowest BCUT2D eigenvalue weighted by atomic mass is 10.1. The third-order valence-electron chi connectivity index (χ3n) is 4.17. The molecule has 0 bridgehead atoms. The molecule has 138 valence electrons. The second-order valence-electron chi connectivity index (χ2n) is 5.85. The van der Waals surface area contributed by atoms with Crippen molar-refractivity contribution in [1.29, 1.82) is 0 Å². The molecular formula is C18H20N2O5S. The number of hydrogen-bond donors (Lipinski definition) is 1. The summed E-state index contributed by atoms with van der Waals surface area (Å²) >= 11 is 0. The van der Waals surface area contributed by atoms with Gasteiger partial charge in [0.2, 0.25) is 0 Å². The highest BCUT2D eigenvalue weighted by molar-refractivity contribution is 7.92. The van der Waals surface area contributed by atoms with E-state index in [1.807, 2.05) is 0 Å². The minimum atomic E-state index is -3.70. The van der Waals surface area contributed by atoms with Crippen molar-refractivity contribution < 1.29 is 22.7 Å². The number of nitrogens with one attached hydrogen (secondary N) is 1. The maximum atomic E-state index is 12.5. The number of fused-ring (bicyclic) bond motifs is 1. The van der Waals surface area contributed by atoms with Gasteiger partial charge >= 0.3 is 0 Å². The third kappa shape index (κ3) is 3.66. The van der Waals surface area contributed by atoms with Crippen molar-refractivity contribution in [2.75, 3.05) is 37.0 Å². The molecule has 0 radical (unpaired) electrons. The van der Waals surface area contributed by atoms with E-state index < -0.39 is 10.0 Å². The summed E-state index contributed by atoms with van der Waals surface area (Å²) in [5, 5.41) is 0. The lowest BCUT2D eigenvalue weighted by Gasteiger charge is -2.17. The van der Waals surface area contributed by atoms with Gasteiger partial charge in [-0.1, -0.05) is 0 Å². The Morgan fingerprint density at radius 2 is 1.88 bits per heavy atom. The number of amides is 1. The van der Waals surface area contributed by atoms with Gasteiger partial charge in [0.05, 0.1) is 12.0 Å². The zero-order valence-electron chi connectivity index (χ0n) is 14.6. The summed E-state index contributed by atoms with van der Waals surface area (Å²) in [7, 11) is -0.701. The second-order valence-corrected chi connectivity index (χ2v) is 7.54. The number of hydrogen-bond acceptors (Lipinski definition) is 5. The highest BCUT2D eigenvalue weighted by Crippen LogP contribution is 2.31. The predicted octanol–water partition coefficient (Wildman–Crippen LogP) is 2.03. The number of sulfonamides is 1. The highest BCUT2D eigenvalue weighted by atomic mass is 32.2. The molecule has 3 rings (SSSR count). The average Bonchev–Trinajstić information content (AvgIpc) is 3.05. The van der Waals surface area contributed by atoms with Gasteiger partial charge in [-0.3, -0.25) is 9.52 Å². The summed E-state index contributed by atoms with van der Waals surface area (Å²) in [6.07, 6.45) is 0.670. The summed E-state index contributed by atoms with van der Waals surface area (Å²) in [5.41, 5.74) is 2.17. The van der Waals surface area contributed by atoms with Crippen molar-refractivity contribution in [2.24, 2.45) is 0 Å². The standard InChI is InChI=1S/C18H20N2O5S/c1-24-12-18(21)20-10-9-13-11-14(3-8-17(13)20)19-26(22,23)16-6-4-15(25-2)5-7-16/h3-8,11,19H,9-10,12H2,1-2H3. The fourth-order valence-corrected chi connectivity index (χ4v) is 3.94. The van der Waals surface area contributed by atoms with Crippen molar-refractivity contribution in [2.45, 2.75) is 11.3 Å². The quantitative estimate of drug-likeness (QED) is 0.834. The Kier molecular flexibility index (Phi) is 5.15. The van der Waals surface area contributed by atoms with Crippen LogP contribution in [0.1, 0.15) is 5.56 Å². The van der Waals surface area contributed by atoms with E-state index in [-0.39, 0.29) is 17.4 Å². The first-order chi connectivity index (χ1) is 12.4. The number of carbonyl (C=O) groups is 1. The smallest absolute Gasteiger partial charge is 0.261 e. The van der Waals surface area contributed by atoms with Crippen molar-refractivity contribution in [3.8, 4) is 5.75 Å². The molecule has 0 unspecified atom stereocenters. The molecule has 1 heterocycles. The van der Waals surface area contributed by atoms with Crippen LogP contribution in [0.5, 0.6) is 5.75 Å². The van der Waals surface area contributed by atoms with Crippen LogP contribution in [-0.4, -0.2) is 41.7 Å². The van der Waals surface area contributed by atoms with Crippen molar-refractivity contribution >= 4 is 27.3 Å². The number of ether oxygens (including phenoxy) is 2. The molecule has 26 heavy (non-hydrogen) atoms. The number of anilines is 2. The Morgan fingerprint density at radius 1 is 1.15 bits per heavy atom. The van der Waals surface area contributed by atoms with Crippen LogP contribution in [0, 0.1) is 0 Å². The molecule has 0 aromatic heterocycles. The van der Waals surface area contributed by atoms with E-state index in [0.29, 0.717) is 24.4 Å². The van der Waals surface area contributed by atoms with E-state index >= 15 is 0 Å². The van der Waals surface area contributed by atoms with Crippen LogP contribution >= 0.6 is 0 Å². The molecule has 1 aliphatic heterocycles. The van der Waals surface area contributed by atoms with Crippen LogP contribution in [0.3, 0.4) is 0 Å². The molecule has 0 fully saturated rings. The number of benzene rings is 2. The maximum Gasteiger partial charge on any atom is 0.261 e. The molecule has 0 saturated heterocycles. The van der Waals surface area contributed by atoms with Crippen LogP contribution < -0.4 is 14.4 Å². The number of rotatable bonds is 6. The first kappa shape index (κ1) is 18.2. The predicted molar refractivity (Wildman–Crippen MR) is 98.2 cm³/mol.